The van der Waals surface area contributed by atoms with E-state index in [1.165, 1.54) is 11.3 Å². The van der Waals surface area contributed by atoms with Crippen molar-refractivity contribution in [1.29, 1.82) is 0 Å². The molecule has 0 bridgehead atoms. The Labute approximate surface area is 117 Å². The van der Waals surface area contributed by atoms with Crippen molar-refractivity contribution in [3.05, 3.63) is 16.5 Å². The molecule has 1 heterocycles. The second kappa shape index (κ2) is 7.91. The monoisotopic (exact) mass is 283 g/mol. The molecular formula is C13H21N3O2S. The SMILES string of the molecule is CCCC(=O)Nc1sc(CC)cc1C(=O)NCCN. The van der Waals surface area contributed by atoms with Crippen LogP contribution >= 0.6 is 11.3 Å². The Morgan fingerprint density at radius 1 is 1.37 bits per heavy atom. The molecule has 0 aliphatic carbocycles. The van der Waals surface area contributed by atoms with Crippen molar-refractivity contribution in [2.75, 3.05) is 18.4 Å². The maximum Gasteiger partial charge on any atom is 0.254 e. The van der Waals surface area contributed by atoms with Gasteiger partial charge in [0.1, 0.15) is 5.00 Å². The molecule has 5 nitrogen and oxygen atoms in total. The van der Waals surface area contributed by atoms with E-state index < -0.39 is 0 Å². The van der Waals surface area contributed by atoms with Gasteiger partial charge in [0.2, 0.25) is 5.91 Å². The van der Waals surface area contributed by atoms with Crippen LogP contribution in [0.15, 0.2) is 6.07 Å². The summed E-state index contributed by atoms with van der Waals surface area (Å²) in [6, 6.07) is 1.83. The average Bonchev–Trinajstić information content (AvgIpc) is 2.79. The van der Waals surface area contributed by atoms with Gasteiger partial charge >= 0.3 is 0 Å². The van der Waals surface area contributed by atoms with Crippen LogP contribution in [-0.4, -0.2) is 24.9 Å². The minimum atomic E-state index is -0.187. The Morgan fingerprint density at radius 2 is 2.11 bits per heavy atom. The first-order valence-corrected chi connectivity index (χ1v) is 7.34. The molecule has 0 radical (unpaired) electrons. The van der Waals surface area contributed by atoms with Gasteiger partial charge in [-0.25, -0.2) is 0 Å². The fourth-order valence-corrected chi connectivity index (χ4v) is 2.58. The molecule has 1 aromatic heterocycles. The summed E-state index contributed by atoms with van der Waals surface area (Å²) >= 11 is 1.45. The van der Waals surface area contributed by atoms with Gasteiger partial charge in [-0.05, 0) is 18.9 Å². The number of thiophene rings is 1. The Bertz CT molecular complexity index is 443. The fourth-order valence-electron chi connectivity index (χ4n) is 1.57. The van der Waals surface area contributed by atoms with Gasteiger partial charge in [-0.2, -0.15) is 0 Å². The third kappa shape index (κ3) is 4.65. The van der Waals surface area contributed by atoms with Gasteiger partial charge in [-0.1, -0.05) is 13.8 Å². The third-order valence-electron chi connectivity index (χ3n) is 2.54. The molecule has 0 saturated heterocycles. The number of nitrogens with one attached hydrogen (secondary N) is 2. The van der Waals surface area contributed by atoms with Crippen molar-refractivity contribution in [3.8, 4) is 0 Å². The second-order valence-corrected chi connectivity index (χ2v) is 5.29. The lowest BCUT2D eigenvalue weighted by atomic mass is 10.2. The highest BCUT2D eigenvalue weighted by Crippen LogP contribution is 2.28. The van der Waals surface area contributed by atoms with Gasteiger partial charge in [0, 0.05) is 24.4 Å². The predicted octanol–water partition coefficient (Wildman–Crippen LogP) is 1.74. The minimum absolute atomic E-state index is 0.0557. The van der Waals surface area contributed by atoms with Gasteiger partial charge in [0.25, 0.3) is 5.91 Å². The molecule has 0 unspecified atom stereocenters. The van der Waals surface area contributed by atoms with Crippen LogP contribution in [0.4, 0.5) is 5.00 Å². The lowest BCUT2D eigenvalue weighted by Gasteiger charge is -2.06. The first-order chi connectivity index (χ1) is 9.12. The zero-order valence-electron chi connectivity index (χ0n) is 11.4. The highest BCUT2D eigenvalue weighted by molar-refractivity contribution is 7.16. The molecule has 1 aromatic rings. The molecule has 0 aromatic carbocycles. The molecule has 0 aliphatic heterocycles. The first-order valence-electron chi connectivity index (χ1n) is 6.53. The summed E-state index contributed by atoms with van der Waals surface area (Å²) in [4.78, 5) is 24.7. The molecular weight excluding hydrogens is 262 g/mol. The van der Waals surface area contributed by atoms with E-state index >= 15 is 0 Å². The number of carbonyl (C=O) groups is 2. The summed E-state index contributed by atoms with van der Waals surface area (Å²) in [6.45, 7) is 4.79. The maximum absolute atomic E-state index is 12.0. The summed E-state index contributed by atoms with van der Waals surface area (Å²) in [7, 11) is 0. The van der Waals surface area contributed by atoms with Gasteiger partial charge in [-0.3, -0.25) is 9.59 Å². The highest BCUT2D eigenvalue weighted by Gasteiger charge is 2.16. The number of anilines is 1. The Balaban J connectivity index is 2.86. The highest BCUT2D eigenvalue weighted by atomic mass is 32.1. The smallest absolute Gasteiger partial charge is 0.254 e. The van der Waals surface area contributed by atoms with Crippen molar-refractivity contribution < 1.29 is 9.59 Å². The van der Waals surface area contributed by atoms with Gasteiger partial charge in [-0.15, -0.1) is 11.3 Å². The molecule has 106 valence electrons. The van der Waals surface area contributed by atoms with Crippen LogP contribution < -0.4 is 16.4 Å². The van der Waals surface area contributed by atoms with Crippen LogP contribution in [0.3, 0.4) is 0 Å². The number of amides is 2. The van der Waals surface area contributed by atoms with Crippen LogP contribution in [0.5, 0.6) is 0 Å². The standard InChI is InChI=1S/C13H21N3O2S/c1-3-5-11(17)16-13-10(8-9(4-2)19-13)12(18)15-7-6-14/h8H,3-7,14H2,1-2H3,(H,15,18)(H,16,17). The van der Waals surface area contributed by atoms with Gasteiger partial charge in [0.15, 0.2) is 0 Å². The summed E-state index contributed by atoms with van der Waals surface area (Å²) in [6.07, 6.45) is 2.08. The zero-order chi connectivity index (χ0) is 14.3. The molecule has 4 N–H and O–H groups in total. The van der Waals surface area contributed by atoms with E-state index in [-0.39, 0.29) is 11.8 Å². The average molecular weight is 283 g/mol. The number of hydrogen-bond acceptors (Lipinski definition) is 4. The maximum atomic E-state index is 12.0. The lowest BCUT2D eigenvalue weighted by molar-refractivity contribution is -0.116. The molecule has 6 heteroatoms. The summed E-state index contributed by atoms with van der Waals surface area (Å²) in [5.41, 5.74) is 5.89. The molecule has 2 amide bonds. The zero-order valence-corrected chi connectivity index (χ0v) is 12.2. The van der Waals surface area contributed by atoms with E-state index in [0.717, 1.165) is 17.7 Å². The minimum Gasteiger partial charge on any atom is -0.351 e. The second-order valence-electron chi connectivity index (χ2n) is 4.15. The first kappa shape index (κ1) is 15.7. The molecule has 0 aliphatic rings. The number of aryl methyl sites for hydroxylation is 1. The molecule has 1 rings (SSSR count). The van der Waals surface area contributed by atoms with E-state index in [4.69, 9.17) is 5.73 Å². The third-order valence-corrected chi connectivity index (χ3v) is 3.73. The Kier molecular flexibility index (Phi) is 6.52. The number of carbonyl (C=O) groups excluding carboxylic acids is 2. The molecule has 0 spiro atoms. The van der Waals surface area contributed by atoms with Gasteiger partial charge in [0.05, 0.1) is 5.56 Å². The largest absolute Gasteiger partial charge is 0.351 e. The molecule has 19 heavy (non-hydrogen) atoms. The van der Waals surface area contributed by atoms with Crippen molar-refractivity contribution in [3.63, 3.8) is 0 Å². The van der Waals surface area contributed by atoms with Crippen molar-refractivity contribution in [2.45, 2.75) is 33.1 Å². The normalized spacial score (nSPS) is 10.3. The van der Waals surface area contributed by atoms with Crippen LogP contribution in [-0.2, 0) is 11.2 Å². The summed E-state index contributed by atoms with van der Waals surface area (Å²) < 4.78 is 0. The topological polar surface area (TPSA) is 84.2 Å². The van der Waals surface area contributed by atoms with Gasteiger partial charge < -0.3 is 16.4 Å². The summed E-state index contributed by atoms with van der Waals surface area (Å²) in [5.74, 6) is -0.243. The number of rotatable bonds is 7. The Hall–Kier alpha value is -1.40. The molecule has 0 fully saturated rings. The van der Waals surface area contributed by atoms with E-state index in [9.17, 15) is 9.59 Å². The molecule has 0 saturated carbocycles. The fraction of sp³-hybridized carbons (Fsp3) is 0.538. The van der Waals surface area contributed by atoms with Crippen LogP contribution in [0.1, 0.15) is 41.9 Å². The Morgan fingerprint density at radius 3 is 2.68 bits per heavy atom. The van der Waals surface area contributed by atoms with E-state index in [1.807, 2.05) is 19.9 Å². The van der Waals surface area contributed by atoms with Crippen LogP contribution in [0.2, 0.25) is 0 Å². The van der Waals surface area contributed by atoms with Crippen molar-refractivity contribution in [2.24, 2.45) is 5.73 Å². The number of hydrogen-bond donors (Lipinski definition) is 3. The molecule has 0 atom stereocenters. The summed E-state index contributed by atoms with van der Waals surface area (Å²) in [5, 5.41) is 6.16. The quantitative estimate of drug-likeness (QED) is 0.712. The van der Waals surface area contributed by atoms with Crippen LogP contribution in [0.25, 0.3) is 0 Å². The van der Waals surface area contributed by atoms with E-state index in [0.29, 0.717) is 30.1 Å². The van der Waals surface area contributed by atoms with Crippen LogP contribution in [0, 0.1) is 0 Å². The van der Waals surface area contributed by atoms with Crippen molar-refractivity contribution >= 4 is 28.2 Å². The van der Waals surface area contributed by atoms with E-state index in [1.54, 1.807) is 0 Å². The number of nitrogens with two attached hydrogens (primary N) is 1. The predicted molar refractivity (Wildman–Crippen MR) is 78.6 cm³/mol. The van der Waals surface area contributed by atoms with Crippen molar-refractivity contribution in [1.82, 2.24) is 5.32 Å². The van der Waals surface area contributed by atoms with E-state index in [2.05, 4.69) is 10.6 Å². The lowest BCUT2D eigenvalue weighted by Crippen LogP contribution is -2.29.